The van der Waals surface area contributed by atoms with E-state index in [0.29, 0.717) is 24.8 Å². The van der Waals surface area contributed by atoms with E-state index in [0.717, 1.165) is 25.7 Å². The maximum atomic E-state index is 11.7. The number of aliphatic carboxylic acids is 1. The third kappa shape index (κ3) is 6.26. The van der Waals surface area contributed by atoms with E-state index in [1.807, 2.05) is 0 Å². The number of carbonyl (C=O) groups is 2. The van der Waals surface area contributed by atoms with Gasteiger partial charge in [0, 0.05) is 12.6 Å². The van der Waals surface area contributed by atoms with Crippen LogP contribution < -0.4 is 10.6 Å². The molecule has 1 saturated carbocycles. The Balaban J connectivity index is 2.11. The van der Waals surface area contributed by atoms with E-state index in [1.165, 1.54) is 0 Å². The molecular weight excluding hydrogens is 256 g/mol. The molecule has 20 heavy (non-hydrogen) atoms. The highest BCUT2D eigenvalue weighted by atomic mass is 16.4. The summed E-state index contributed by atoms with van der Waals surface area (Å²) in [7, 11) is 0. The smallest absolute Gasteiger partial charge is 0.315 e. The summed E-state index contributed by atoms with van der Waals surface area (Å²) in [4.78, 5) is 22.4. The van der Waals surface area contributed by atoms with Gasteiger partial charge < -0.3 is 15.7 Å². The maximum Gasteiger partial charge on any atom is 0.315 e. The molecule has 2 amide bonds. The molecule has 1 atom stereocenters. The van der Waals surface area contributed by atoms with Gasteiger partial charge in [0.15, 0.2) is 0 Å². The molecule has 0 saturated heterocycles. The molecule has 3 N–H and O–H groups in total. The first-order valence-electron chi connectivity index (χ1n) is 7.57. The van der Waals surface area contributed by atoms with Crippen LogP contribution in [0.2, 0.25) is 0 Å². The fraction of sp³-hybridized carbons (Fsp3) is 0.867. The summed E-state index contributed by atoms with van der Waals surface area (Å²) in [6.45, 7) is 6.76. The molecule has 0 aromatic heterocycles. The zero-order chi connectivity index (χ0) is 15.2. The highest BCUT2D eigenvalue weighted by Crippen LogP contribution is 2.34. The molecule has 5 nitrogen and oxygen atoms in total. The number of carbonyl (C=O) groups excluding carboxylic acids is 1. The van der Waals surface area contributed by atoms with Crippen molar-refractivity contribution in [3.63, 3.8) is 0 Å². The summed E-state index contributed by atoms with van der Waals surface area (Å²) in [6.07, 6.45) is 5.65. The Morgan fingerprint density at radius 1 is 1.30 bits per heavy atom. The molecule has 1 fully saturated rings. The van der Waals surface area contributed by atoms with E-state index >= 15 is 0 Å². The standard InChI is InChI=1S/C15H28N2O3/c1-11(13(18)19)5-4-10-16-14(20)17-12-6-8-15(2,3)9-7-12/h11-12H,4-10H2,1-3H3,(H,18,19)(H2,16,17,20). The highest BCUT2D eigenvalue weighted by molar-refractivity contribution is 5.74. The van der Waals surface area contributed by atoms with Gasteiger partial charge in [0.1, 0.15) is 0 Å². The van der Waals surface area contributed by atoms with E-state index in [-0.39, 0.29) is 18.0 Å². The number of hydrogen-bond donors (Lipinski definition) is 3. The number of nitrogens with one attached hydrogen (secondary N) is 2. The van der Waals surface area contributed by atoms with Crippen LogP contribution in [0.3, 0.4) is 0 Å². The van der Waals surface area contributed by atoms with Gasteiger partial charge in [0.25, 0.3) is 0 Å². The molecule has 0 radical (unpaired) electrons. The summed E-state index contributed by atoms with van der Waals surface area (Å²) in [6, 6.07) is 0.152. The van der Waals surface area contributed by atoms with Crippen molar-refractivity contribution in [2.75, 3.05) is 6.54 Å². The third-order valence-corrected chi connectivity index (χ3v) is 4.20. The lowest BCUT2D eigenvalue weighted by Gasteiger charge is -2.34. The quantitative estimate of drug-likeness (QED) is 0.656. The molecule has 5 heteroatoms. The van der Waals surface area contributed by atoms with E-state index in [9.17, 15) is 9.59 Å². The normalized spacial score (nSPS) is 20.1. The van der Waals surface area contributed by atoms with Crippen LogP contribution in [0.5, 0.6) is 0 Å². The van der Waals surface area contributed by atoms with E-state index in [4.69, 9.17) is 5.11 Å². The minimum atomic E-state index is -0.778. The largest absolute Gasteiger partial charge is 0.481 e. The second kappa shape index (κ2) is 7.50. The van der Waals surface area contributed by atoms with Crippen LogP contribution in [0, 0.1) is 11.3 Å². The summed E-state index contributed by atoms with van der Waals surface area (Å²) >= 11 is 0. The average Bonchev–Trinajstić information content (AvgIpc) is 2.37. The Kier molecular flexibility index (Phi) is 6.30. The Bertz CT molecular complexity index is 332. The van der Waals surface area contributed by atoms with E-state index < -0.39 is 5.97 Å². The molecule has 0 heterocycles. The van der Waals surface area contributed by atoms with Gasteiger partial charge in [-0.2, -0.15) is 0 Å². The van der Waals surface area contributed by atoms with E-state index in [2.05, 4.69) is 24.5 Å². The first-order valence-corrected chi connectivity index (χ1v) is 7.57. The summed E-state index contributed by atoms with van der Waals surface area (Å²) in [5, 5.41) is 14.6. The molecule has 0 aromatic rings. The number of rotatable bonds is 6. The summed E-state index contributed by atoms with van der Waals surface area (Å²) in [5.74, 6) is -1.13. The van der Waals surface area contributed by atoms with Crippen molar-refractivity contribution >= 4 is 12.0 Å². The minimum absolute atomic E-state index is 0.127. The lowest BCUT2D eigenvalue weighted by atomic mass is 9.76. The molecule has 0 aromatic carbocycles. The molecule has 1 aliphatic rings. The van der Waals surface area contributed by atoms with Gasteiger partial charge in [-0.15, -0.1) is 0 Å². The topological polar surface area (TPSA) is 78.4 Å². The molecule has 0 spiro atoms. The lowest BCUT2D eigenvalue weighted by Crippen LogP contribution is -2.44. The van der Waals surface area contributed by atoms with Crippen LogP contribution in [0.15, 0.2) is 0 Å². The van der Waals surface area contributed by atoms with Crippen molar-refractivity contribution in [1.82, 2.24) is 10.6 Å². The van der Waals surface area contributed by atoms with E-state index in [1.54, 1.807) is 6.92 Å². The van der Waals surface area contributed by atoms with Crippen LogP contribution in [0.1, 0.15) is 59.3 Å². The van der Waals surface area contributed by atoms with Crippen LogP contribution in [0.4, 0.5) is 4.79 Å². The fourth-order valence-electron chi connectivity index (χ4n) is 2.51. The van der Waals surface area contributed by atoms with Gasteiger partial charge in [0.2, 0.25) is 0 Å². The number of urea groups is 1. The van der Waals surface area contributed by atoms with Crippen LogP contribution in [0.25, 0.3) is 0 Å². The molecular formula is C15H28N2O3. The number of carboxylic acids is 1. The van der Waals surface area contributed by atoms with Gasteiger partial charge in [-0.05, 0) is 43.9 Å². The minimum Gasteiger partial charge on any atom is -0.481 e. The second-order valence-electron chi connectivity index (χ2n) is 6.72. The van der Waals surface area contributed by atoms with Gasteiger partial charge in [-0.25, -0.2) is 4.79 Å². The summed E-state index contributed by atoms with van der Waals surface area (Å²) < 4.78 is 0. The predicted octanol–water partition coefficient (Wildman–Crippen LogP) is 2.76. The van der Waals surface area contributed by atoms with Crippen molar-refractivity contribution in [3.8, 4) is 0 Å². The second-order valence-corrected chi connectivity index (χ2v) is 6.72. The molecule has 116 valence electrons. The summed E-state index contributed by atoms with van der Waals surface area (Å²) in [5.41, 5.74) is 0.404. The molecule has 0 aliphatic heterocycles. The zero-order valence-electron chi connectivity index (χ0n) is 12.9. The number of hydrogen-bond acceptors (Lipinski definition) is 2. The predicted molar refractivity (Wildman–Crippen MR) is 78.6 cm³/mol. The molecule has 1 rings (SSSR count). The Hall–Kier alpha value is -1.26. The first-order chi connectivity index (χ1) is 9.30. The van der Waals surface area contributed by atoms with Crippen molar-refractivity contribution in [2.45, 2.75) is 65.3 Å². The van der Waals surface area contributed by atoms with Crippen molar-refractivity contribution < 1.29 is 14.7 Å². The highest BCUT2D eigenvalue weighted by Gasteiger charge is 2.27. The monoisotopic (exact) mass is 284 g/mol. The maximum absolute atomic E-state index is 11.7. The van der Waals surface area contributed by atoms with Crippen LogP contribution >= 0.6 is 0 Å². The van der Waals surface area contributed by atoms with Gasteiger partial charge in [-0.1, -0.05) is 20.8 Å². The van der Waals surface area contributed by atoms with Crippen LogP contribution in [-0.2, 0) is 4.79 Å². The fourth-order valence-corrected chi connectivity index (χ4v) is 2.51. The van der Waals surface area contributed by atoms with Crippen molar-refractivity contribution in [1.29, 1.82) is 0 Å². The molecule has 0 bridgehead atoms. The zero-order valence-corrected chi connectivity index (χ0v) is 12.9. The Morgan fingerprint density at radius 3 is 2.45 bits per heavy atom. The molecule has 1 unspecified atom stereocenters. The van der Waals surface area contributed by atoms with Gasteiger partial charge in [-0.3, -0.25) is 4.79 Å². The SMILES string of the molecule is CC(CCCNC(=O)NC1CCC(C)(C)CC1)C(=O)O. The van der Waals surface area contributed by atoms with Crippen molar-refractivity contribution in [2.24, 2.45) is 11.3 Å². The van der Waals surface area contributed by atoms with Gasteiger partial charge in [0.05, 0.1) is 5.92 Å². The first kappa shape index (κ1) is 16.8. The van der Waals surface area contributed by atoms with Gasteiger partial charge >= 0.3 is 12.0 Å². The Morgan fingerprint density at radius 2 is 1.90 bits per heavy atom. The molecule has 1 aliphatic carbocycles. The van der Waals surface area contributed by atoms with Crippen LogP contribution in [-0.4, -0.2) is 29.7 Å². The number of amides is 2. The average molecular weight is 284 g/mol. The van der Waals surface area contributed by atoms with Crippen molar-refractivity contribution in [3.05, 3.63) is 0 Å². The third-order valence-electron chi connectivity index (χ3n) is 4.20. The number of carboxylic acid groups (broad SMARTS) is 1. The lowest BCUT2D eigenvalue weighted by molar-refractivity contribution is -0.141. The Labute approximate surface area is 121 Å².